The molecule has 0 amide bonds. The normalized spacial score (nSPS) is 44.3. The van der Waals surface area contributed by atoms with Crippen molar-refractivity contribution in [3.05, 3.63) is 59.2 Å². The third-order valence-electron chi connectivity index (χ3n) is 15.0. The topological polar surface area (TPSA) is 52.3 Å². The summed E-state index contributed by atoms with van der Waals surface area (Å²) in [5, 5.41) is 0. The number of allylic oxidation sites excluding steroid dienone is 4. The zero-order chi connectivity index (χ0) is 31.0. The molecular weight excluding hydrogens is 545 g/mol. The average Bonchev–Trinajstić information content (AvgIpc) is 3.42. The van der Waals surface area contributed by atoms with Crippen LogP contribution in [0.15, 0.2) is 53.6 Å². The zero-order valence-electron chi connectivity index (χ0n) is 27.8. The van der Waals surface area contributed by atoms with Gasteiger partial charge in [0.15, 0.2) is 0 Å². The maximum atomic E-state index is 14.6. The van der Waals surface area contributed by atoms with Crippen LogP contribution < -0.4 is 5.73 Å². The Morgan fingerprint density at radius 2 is 1.66 bits per heavy atom. The maximum absolute atomic E-state index is 14.6. The number of benzene rings is 1. The van der Waals surface area contributed by atoms with Gasteiger partial charge in [0.2, 0.25) is 0 Å². The zero-order valence-corrected chi connectivity index (χ0v) is 27.8. The number of hydrogen-bond donors (Lipinski definition) is 1. The third-order valence-corrected chi connectivity index (χ3v) is 15.0. The number of alkyl halides is 1. The Hall–Kier alpha value is -1.94. The molecule has 2 N–H and O–H groups in total. The molecule has 1 aromatic rings. The van der Waals surface area contributed by atoms with Gasteiger partial charge in [0, 0.05) is 5.54 Å². The van der Waals surface area contributed by atoms with Crippen molar-refractivity contribution in [2.75, 3.05) is 6.67 Å². The molecule has 44 heavy (non-hydrogen) atoms. The van der Waals surface area contributed by atoms with E-state index in [2.05, 4.69) is 39.8 Å². The highest BCUT2D eigenvalue weighted by molar-refractivity contribution is 5.78. The number of hydrogen-bond acceptors (Lipinski definition) is 3. The molecule has 240 valence electrons. The standard InChI is InChI=1S/C40H56FNO2/c1-36(2)30(28-14-22-39(26-41,23-15-28)35(43)44-25-27-9-6-5-7-10-27)16-20-38(4)33(36)18-21-37(3)31-17-24-40(42)19-8-11-32(40)29(31)12-13-34(37)38/h5-7,9-10,14,16,29,31-34H,8,11-13,15,17-26,42H2,1-4H3/t29?,31?,32?,33-,34?,37+,38+,39+,40+/m1/s1. The number of esters is 1. The summed E-state index contributed by atoms with van der Waals surface area (Å²) in [6.07, 6.45) is 19.5. The minimum absolute atomic E-state index is 0.0605. The van der Waals surface area contributed by atoms with Crippen LogP contribution in [0.1, 0.15) is 117 Å². The molecular formula is C40H56FNO2. The van der Waals surface area contributed by atoms with Crippen LogP contribution >= 0.6 is 0 Å². The van der Waals surface area contributed by atoms with Gasteiger partial charge in [-0.25, -0.2) is 4.39 Å². The Kier molecular flexibility index (Phi) is 7.55. The fourth-order valence-electron chi connectivity index (χ4n) is 12.8. The molecule has 1 aromatic carbocycles. The van der Waals surface area contributed by atoms with Gasteiger partial charge in [-0.15, -0.1) is 0 Å². The summed E-state index contributed by atoms with van der Waals surface area (Å²) in [7, 11) is 0. The van der Waals surface area contributed by atoms with E-state index in [9.17, 15) is 9.18 Å². The minimum atomic E-state index is -1.06. The first-order valence-corrected chi connectivity index (χ1v) is 17.9. The number of halogens is 1. The fraction of sp³-hybridized carbons (Fsp3) is 0.725. The van der Waals surface area contributed by atoms with Gasteiger partial charge in [0.05, 0.1) is 5.41 Å². The van der Waals surface area contributed by atoms with E-state index in [1.165, 1.54) is 68.9 Å². The molecule has 3 nitrogen and oxygen atoms in total. The maximum Gasteiger partial charge on any atom is 0.315 e. The van der Waals surface area contributed by atoms with Gasteiger partial charge in [-0.05, 0) is 140 Å². The lowest BCUT2D eigenvalue weighted by atomic mass is 9.37. The molecule has 0 aromatic heterocycles. The molecule has 4 saturated carbocycles. The smallest absolute Gasteiger partial charge is 0.315 e. The second-order valence-electron chi connectivity index (χ2n) is 17.2. The number of rotatable bonds is 5. The first-order chi connectivity index (χ1) is 21.0. The van der Waals surface area contributed by atoms with E-state index in [-0.39, 0.29) is 17.6 Å². The molecule has 0 spiro atoms. The van der Waals surface area contributed by atoms with Crippen molar-refractivity contribution in [3.8, 4) is 0 Å². The highest BCUT2D eigenvalue weighted by Gasteiger charge is 2.65. The second-order valence-corrected chi connectivity index (χ2v) is 17.2. The lowest BCUT2D eigenvalue weighted by Crippen LogP contribution is -2.63. The van der Waals surface area contributed by atoms with Crippen molar-refractivity contribution in [1.82, 2.24) is 0 Å². The van der Waals surface area contributed by atoms with Crippen LogP contribution in [-0.4, -0.2) is 18.2 Å². The van der Waals surface area contributed by atoms with E-state index in [0.29, 0.717) is 29.6 Å². The Bertz CT molecular complexity index is 1330. The van der Waals surface area contributed by atoms with Crippen molar-refractivity contribution >= 4 is 5.97 Å². The molecule has 6 aliphatic rings. The van der Waals surface area contributed by atoms with E-state index in [1.807, 2.05) is 30.3 Å². The molecule has 7 rings (SSSR count). The first-order valence-electron chi connectivity index (χ1n) is 17.9. The van der Waals surface area contributed by atoms with Crippen molar-refractivity contribution in [2.24, 2.45) is 57.0 Å². The molecule has 0 bridgehead atoms. The van der Waals surface area contributed by atoms with Crippen LogP contribution in [0, 0.1) is 51.2 Å². The fourth-order valence-corrected chi connectivity index (χ4v) is 12.8. The molecule has 9 atom stereocenters. The molecule has 0 heterocycles. The third kappa shape index (κ3) is 4.54. The largest absolute Gasteiger partial charge is 0.460 e. The lowest BCUT2D eigenvalue weighted by molar-refractivity contribution is -0.173. The van der Waals surface area contributed by atoms with Crippen molar-refractivity contribution in [1.29, 1.82) is 0 Å². The summed E-state index contributed by atoms with van der Waals surface area (Å²) in [6, 6.07) is 9.69. The van der Waals surface area contributed by atoms with Crippen molar-refractivity contribution in [3.63, 3.8) is 0 Å². The van der Waals surface area contributed by atoms with Crippen LogP contribution in [0.2, 0.25) is 0 Å². The van der Waals surface area contributed by atoms with Crippen LogP contribution in [0.5, 0.6) is 0 Å². The van der Waals surface area contributed by atoms with Gasteiger partial charge in [0.1, 0.15) is 13.3 Å². The molecule has 0 radical (unpaired) electrons. The van der Waals surface area contributed by atoms with E-state index in [1.54, 1.807) is 0 Å². The molecule has 6 aliphatic carbocycles. The predicted octanol–water partition coefficient (Wildman–Crippen LogP) is 9.51. The van der Waals surface area contributed by atoms with E-state index in [0.717, 1.165) is 42.1 Å². The van der Waals surface area contributed by atoms with Gasteiger partial charge < -0.3 is 10.5 Å². The molecule has 0 aliphatic heterocycles. The first kappa shape index (κ1) is 30.7. The Morgan fingerprint density at radius 3 is 2.39 bits per heavy atom. The number of ether oxygens (including phenoxy) is 1. The SMILES string of the molecule is CC1(C)C(C2=CC[C@](CF)(C(=O)OCc3ccccc3)CC2)=CC[C@]2(C)C3CCC4C5CCC[C@]5(N)CCC4[C@]3(C)CC[C@H]12. The molecule has 4 heteroatoms. The van der Waals surface area contributed by atoms with Crippen molar-refractivity contribution < 1.29 is 13.9 Å². The summed E-state index contributed by atoms with van der Waals surface area (Å²) in [5.74, 6) is 3.43. The van der Waals surface area contributed by atoms with Gasteiger partial charge in [-0.2, -0.15) is 0 Å². The highest BCUT2D eigenvalue weighted by atomic mass is 19.1. The molecule has 4 fully saturated rings. The lowest BCUT2D eigenvalue weighted by Gasteiger charge is -2.68. The van der Waals surface area contributed by atoms with E-state index >= 15 is 0 Å². The van der Waals surface area contributed by atoms with Gasteiger partial charge in [-0.1, -0.05) is 76.6 Å². The summed E-state index contributed by atoms with van der Waals surface area (Å²) < 4.78 is 20.2. The second kappa shape index (κ2) is 10.8. The van der Waals surface area contributed by atoms with Crippen LogP contribution in [0.4, 0.5) is 4.39 Å². The van der Waals surface area contributed by atoms with Gasteiger partial charge in [-0.3, -0.25) is 4.79 Å². The van der Waals surface area contributed by atoms with Gasteiger partial charge in [0.25, 0.3) is 0 Å². The van der Waals surface area contributed by atoms with Gasteiger partial charge >= 0.3 is 5.97 Å². The minimum Gasteiger partial charge on any atom is -0.460 e. The molecule has 0 saturated heterocycles. The number of fused-ring (bicyclic) bond motifs is 7. The summed E-state index contributed by atoms with van der Waals surface area (Å²) in [4.78, 5) is 13.2. The monoisotopic (exact) mass is 601 g/mol. The number of carbonyl (C=O) groups excluding carboxylic acids is 1. The number of carbonyl (C=O) groups is 1. The molecule has 4 unspecified atom stereocenters. The Morgan fingerprint density at radius 1 is 0.864 bits per heavy atom. The Balaban J connectivity index is 1.10. The summed E-state index contributed by atoms with van der Waals surface area (Å²) in [5.41, 5.74) is 10.7. The van der Waals surface area contributed by atoms with Crippen LogP contribution in [-0.2, 0) is 16.1 Å². The summed E-state index contributed by atoms with van der Waals surface area (Å²) in [6.45, 7) is 9.85. The van der Waals surface area contributed by atoms with Crippen LogP contribution in [0.25, 0.3) is 0 Å². The highest BCUT2D eigenvalue weighted by Crippen LogP contribution is 2.72. The van der Waals surface area contributed by atoms with E-state index in [4.69, 9.17) is 10.5 Å². The quantitative estimate of drug-likeness (QED) is 0.342. The van der Waals surface area contributed by atoms with Crippen molar-refractivity contribution in [2.45, 2.75) is 123 Å². The predicted molar refractivity (Wildman–Crippen MR) is 175 cm³/mol. The Labute approximate surface area is 265 Å². The number of nitrogens with two attached hydrogens (primary N) is 1. The summed E-state index contributed by atoms with van der Waals surface area (Å²) >= 11 is 0. The van der Waals surface area contributed by atoms with E-state index < -0.39 is 18.1 Å². The average molecular weight is 602 g/mol. The van der Waals surface area contributed by atoms with Crippen LogP contribution in [0.3, 0.4) is 0 Å².